The van der Waals surface area contributed by atoms with Crippen molar-refractivity contribution in [1.82, 2.24) is 20.0 Å². The molecule has 0 aromatic carbocycles. The van der Waals surface area contributed by atoms with Crippen molar-refractivity contribution in [2.75, 3.05) is 28.2 Å². The zero-order valence-electron chi connectivity index (χ0n) is 19.7. The highest BCUT2D eigenvalue weighted by atomic mass is 16.1. The van der Waals surface area contributed by atoms with Crippen LogP contribution >= 0.6 is 0 Å². The fourth-order valence-electron chi connectivity index (χ4n) is 4.92. The number of hydrogen-bond donors (Lipinski definition) is 0. The zero-order chi connectivity index (χ0) is 22.3. The Morgan fingerprint density at radius 3 is 1.40 bits per heavy atom. The Morgan fingerprint density at radius 2 is 1.10 bits per heavy atom. The maximum absolute atomic E-state index is 14.1. The predicted octanol–water partition coefficient (Wildman–Crippen LogP) is 3.87. The third-order valence-corrected chi connectivity index (χ3v) is 6.35. The van der Waals surface area contributed by atoms with E-state index in [2.05, 4.69) is 27.7 Å². The van der Waals surface area contributed by atoms with E-state index in [0.717, 1.165) is 36.8 Å². The average Bonchev–Trinajstić information content (AvgIpc) is 2.68. The van der Waals surface area contributed by atoms with Crippen LogP contribution in [0.4, 0.5) is 0 Å². The normalized spacial score (nSPS) is 24.6. The number of rotatable bonds is 6. The van der Waals surface area contributed by atoms with Crippen molar-refractivity contribution in [3.05, 3.63) is 46.1 Å². The molecule has 0 bridgehead atoms. The zero-order valence-corrected chi connectivity index (χ0v) is 19.7. The Morgan fingerprint density at radius 1 is 0.733 bits per heavy atom. The molecule has 1 aliphatic carbocycles. The number of carbonyl (C=O) groups excluding carboxylic acids is 2. The highest BCUT2D eigenvalue weighted by Crippen LogP contribution is 2.46. The molecule has 0 spiro atoms. The number of carbonyl (C=O) groups is 2. The predicted molar refractivity (Wildman–Crippen MR) is 119 cm³/mol. The maximum Gasteiger partial charge on any atom is 0.229 e. The van der Waals surface area contributed by atoms with Gasteiger partial charge in [0.25, 0.3) is 0 Å². The van der Waals surface area contributed by atoms with Crippen LogP contribution < -0.4 is 0 Å². The van der Waals surface area contributed by atoms with Crippen LogP contribution in [-0.2, 0) is 9.59 Å². The first-order valence-electron chi connectivity index (χ1n) is 11.0. The van der Waals surface area contributed by atoms with Crippen molar-refractivity contribution in [2.45, 2.75) is 53.4 Å². The minimum Gasteiger partial charge on any atom is -0.289 e. The Bertz CT molecular complexity index is 808. The molecule has 0 saturated carbocycles. The number of Topliss-reactive ketones (excluding diaryl/α,β-unsaturated/α-hetero) is 2. The molecule has 0 aromatic heterocycles. The number of nitrogens with zero attached hydrogens (tertiary/aromatic N) is 4. The monoisotopic (exact) mass is 412 g/mol. The van der Waals surface area contributed by atoms with Gasteiger partial charge in [0.2, 0.25) is 5.78 Å². The number of ketones is 2. The van der Waals surface area contributed by atoms with Crippen LogP contribution in [0, 0.1) is 11.8 Å². The Labute approximate surface area is 181 Å². The summed E-state index contributed by atoms with van der Waals surface area (Å²) < 4.78 is 0. The minimum atomic E-state index is -0.0586. The summed E-state index contributed by atoms with van der Waals surface area (Å²) >= 11 is 0. The van der Waals surface area contributed by atoms with Gasteiger partial charge in [0.1, 0.15) is 11.4 Å². The molecule has 164 valence electrons. The molecule has 2 atom stereocenters. The molecule has 0 amide bonds. The van der Waals surface area contributed by atoms with Crippen LogP contribution in [-0.4, -0.2) is 59.8 Å². The molecular weight excluding hydrogens is 376 g/mol. The maximum atomic E-state index is 14.1. The molecule has 3 rings (SSSR count). The van der Waals surface area contributed by atoms with E-state index in [1.807, 2.05) is 60.6 Å². The summed E-state index contributed by atoms with van der Waals surface area (Å²) in [4.78, 5) is 28.1. The van der Waals surface area contributed by atoms with Gasteiger partial charge in [-0.15, -0.1) is 0 Å². The molecule has 0 N–H and O–H groups in total. The molecule has 2 unspecified atom stereocenters. The summed E-state index contributed by atoms with van der Waals surface area (Å²) in [7, 11) is 7.63. The highest BCUT2D eigenvalue weighted by molar-refractivity contribution is 6.26. The lowest BCUT2D eigenvalue weighted by molar-refractivity contribution is -0.122. The first-order chi connectivity index (χ1) is 14.1. The van der Waals surface area contributed by atoms with Gasteiger partial charge in [-0.25, -0.2) is 10.0 Å². The van der Waals surface area contributed by atoms with E-state index in [4.69, 9.17) is 0 Å². The fraction of sp³-hybridized carbons (Fsp3) is 0.583. The quantitative estimate of drug-likeness (QED) is 0.617. The summed E-state index contributed by atoms with van der Waals surface area (Å²) in [6.45, 7) is 8.41. The molecule has 2 aliphatic heterocycles. The summed E-state index contributed by atoms with van der Waals surface area (Å²) in [5.74, 6) is -0.0206. The van der Waals surface area contributed by atoms with E-state index in [9.17, 15) is 9.59 Å². The lowest BCUT2D eigenvalue weighted by Gasteiger charge is -2.45. The molecule has 2 heterocycles. The molecule has 30 heavy (non-hydrogen) atoms. The van der Waals surface area contributed by atoms with Crippen LogP contribution in [0.2, 0.25) is 0 Å². The first-order valence-corrected chi connectivity index (χ1v) is 11.0. The summed E-state index contributed by atoms with van der Waals surface area (Å²) in [5, 5.41) is 7.47. The number of hydrazine groups is 2. The van der Waals surface area contributed by atoms with Crippen molar-refractivity contribution in [1.29, 1.82) is 0 Å². The minimum absolute atomic E-state index is 0.00649. The second-order valence-electron chi connectivity index (χ2n) is 9.00. The largest absolute Gasteiger partial charge is 0.289 e. The number of hydrogen-bond acceptors (Lipinski definition) is 6. The SMILES string of the molecule is CCCC1C(C)=CN(N(C)C)C2=C1C(=O)C1=C(C2=O)N(N(C)C)C=C(C)C1CCC. The lowest BCUT2D eigenvalue weighted by Crippen LogP contribution is -2.49. The number of allylic oxidation sites excluding steroid dienone is 4. The van der Waals surface area contributed by atoms with Crippen LogP contribution in [0.15, 0.2) is 46.1 Å². The lowest BCUT2D eigenvalue weighted by atomic mass is 9.71. The molecule has 3 aliphatic rings. The summed E-state index contributed by atoms with van der Waals surface area (Å²) in [6, 6.07) is 0. The third kappa shape index (κ3) is 3.46. The van der Waals surface area contributed by atoms with Crippen molar-refractivity contribution >= 4 is 11.6 Å². The van der Waals surface area contributed by atoms with Gasteiger partial charge in [-0.05, 0) is 37.8 Å². The van der Waals surface area contributed by atoms with Crippen LogP contribution in [0.1, 0.15) is 53.4 Å². The van der Waals surface area contributed by atoms with Gasteiger partial charge in [-0.3, -0.25) is 19.6 Å². The third-order valence-electron chi connectivity index (χ3n) is 6.35. The van der Waals surface area contributed by atoms with Gasteiger partial charge in [-0.1, -0.05) is 26.7 Å². The van der Waals surface area contributed by atoms with Gasteiger partial charge in [-0.2, -0.15) is 0 Å². The van der Waals surface area contributed by atoms with E-state index in [-0.39, 0.29) is 23.4 Å². The fourth-order valence-corrected chi connectivity index (χ4v) is 4.92. The van der Waals surface area contributed by atoms with Crippen molar-refractivity contribution in [3.63, 3.8) is 0 Å². The van der Waals surface area contributed by atoms with Gasteiger partial charge in [0.05, 0.1) is 0 Å². The van der Waals surface area contributed by atoms with E-state index < -0.39 is 0 Å². The molecule has 0 aromatic rings. The van der Waals surface area contributed by atoms with Gasteiger partial charge >= 0.3 is 0 Å². The molecule has 6 heteroatoms. The molecule has 0 saturated heterocycles. The standard InChI is InChI=1S/C24H36N4O2/c1-9-11-17-15(3)13-27(25(5)6)21-19(17)23(29)20-18(12-10-2)16(4)14-28(26(7)8)22(20)24(21)30/h13-14,17-18H,9-12H2,1-8H3. The van der Waals surface area contributed by atoms with E-state index in [0.29, 0.717) is 22.5 Å². The van der Waals surface area contributed by atoms with Crippen LogP contribution in [0.5, 0.6) is 0 Å². The molecule has 0 fully saturated rings. The second-order valence-corrected chi connectivity index (χ2v) is 9.00. The summed E-state index contributed by atoms with van der Waals surface area (Å²) in [5.41, 5.74) is 4.67. The molecular formula is C24H36N4O2. The Kier molecular flexibility index (Phi) is 6.39. The van der Waals surface area contributed by atoms with Gasteiger partial charge in [0, 0.05) is 63.6 Å². The first kappa shape index (κ1) is 22.5. The Hall–Kier alpha value is -2.18. The van der Waals surface area contributed by atoms with Crippen molar-refractivity contribution < 1.29 is 9.59 Å². The average molecular weight is 413 g/mol. The van der Waals surface area contributed by atoms with E-state index in [1.54, 1.807) is 0 Å². The smallest absolute Gasteiger partial charge is 0.229 e. The van der Waals surface area contributed by atoms with Crippen LogP contribution in [0.25, 0.3) is 0 Å². The highest BCUT2D eigenvalue weighted by Gasteiger charge is 2.47. The van der Waals surface area contributed by atoms with Crippen molar-refractivity contribution in [2.24, 2.45) is 11.8 Å². The second kappa shape index (κ2) is 8.52. The van der Waals surface area contributed by atoms with Gasteiger partial charge in [0.15, 0.2) is 5.78 Å². The molecule has 6 nitrogen and oxygen atoms in total. The van der Waals surface area contributed by atoms with Crippen LogP contribution in [0.3, 0.4) is 0 Å². The summed E-state index contributed by atoms with van der Waals surface area (Å²) in [6.07, 6.45) is 7.70. The Balaban J connectivity index is 2.25. The topological polar surface area (TPSA) is 47.1 Å². The van der Waals surface area contributed by atoms with Crippen molar-refractivity contribution in [3.8, 4) is 0 Å². The van der Waals surface area contributed by atoms with E-state index in [1.165, 1.54) is 0 Å². The van der Waals surface area contributed by atoms with Gasteiger partial charge < -0.3 is 0 Å². The van der Waals surface area contributed by atoms with E-state index >= 15 is 0 Å². The molecule has 0 radical (unpaired) electrons.